The highest BCUT2D eigenvalue weighted by Crippen LogP contribution is 2.02. The standard InChI is InChI=1S/C9H12ClFN2O3/c1-16-5-3-2-4-13-8(14)6(11)7(10)12-9(13)15/h2-5H2,1H3,(H,12,15). The van der Waals surface area contributed by atoms with E-state index >= 15 is 0 Å². The normalized spacial score (nSPS) is 10.7. The number of hydrogen-bond donors (Lipinski definition) is 1. The maximum atomic E-state index is 13.1. The van der Waals surface area contributed by atoms with Crippen LogP contribution in [0, 0.1) is 5.82 Å². The molecule has 90 valence electrons. The van der Waals surface area contributed by atoms with Crippen LogP contribution in [0.5, 0.6) is 0 Å². The molecule has 1 aromatic heterocycles. The van der Waals surface area contributed by atoms with Crippen LogP contribution in [0.2, 0.25) is 5.15 Å². The van der Waals surface area contributed by atoms with E-state index in [9.17, 15) is 14.0 Å². The minimum Gasteiger partial charge on any atom is -0.385 e. The van der Waals surface area contributed by atoms with Gasteiger partial charge < -0.3 is 4.74 Å². The summed E-state index contributed by atoms with van der Waals surface area (Å²) in [6.45, 7) is 0.675. The lowest BCUT2D eigenvalue weighted by Gasteiger charge is -2.04. The van der Waals surface area contributed by atoms with Gasteiger partial charge in [0.05, 0.1) is 0 Å². The molecule has 0 saturated carbocycles. The third-order valence-electron chi connectivity index (χ3n) is 2.07. The number of unbranched alkanes of at least 4 members (excludes halogenated alkanes) is 1. The molecule has 0 aliphatic carbocycles. The van der Waals surface area contributed by atoms with E-state index in [4.69, 9.17) is 16.3 Å². The summed E-state index contributed by atoms with van der Waals surface area (Å²) in [5.74, 6) is -1.13. The lowest BCUT2D eigenvalue weighted by Crippen LogP contribution is -2.37. The number of aromatic nitrogens is 2. The Morgan fingerprint density at radius 1 is 1.44 bits per heavy atom. The summed E-state index contributed by atoms with van der Waals surface area (Å²) in [5.41, 5.74) is -1.69. The predicted molar refractivity (Wildman–Crippen MR) is 57.4 cm³/mol. The first kappa shape index (κ1) is 12.9. The SMILES string of the molecule is COCCCCn1c(=O)[nH]c(Cl)c(F)c1=O. The van der Waals surface area contributed by atoms with Crippen LogP contribution in [0.1, 0.15) is 12.8 Å². The molecule has 1 N–H and O–H groups in total. The second-order valence-electron chi connectivity index (χ2n) is 3.21. The molecule has 0 unspecified atom stereocenters. The quantitative estimate of drug-likeness (QED) is 0.620. The molecule has 5 nitrogen and oxygen atoms in total. The van der Waals surface area contributed by atoms with Crippen LogP contribution >= 0.6 is 11.6 Å². The third-order valence-corrected chi connectivity index (χ3v) is 2.33. The highest BCUT2D eigenvalue weighted by molar-refractivity contribution is 6.29. The number of hydrogen-bond acceptors (Lipinski definition) is 3. The van der Waals surface area contributed by atoms with Crippen LogP contribution in [-0.4, -0.2) is 23.3 Å². The monoisotopic (exact) mass is 250 g/mol. The molecule has 0 bridgehead atoms. The molecular formula is C9H12ClFN2O3. The zero-order valence-electron chi connectivity index (χ0n) is 8.76. The van der Waals surface area contributed by atoms with E-state index in [2.05, 4.69) is 4.98 Å². The molecule has 1 rings (SSSR count). The second-order valence-corrected chi connectivity index (χ2v) is 3.59. The minimum atomic E-state index is -1.13. The Morgan fingerprint density at radius 2 is 2.12 bits per heavy atom. The van der Waals surface area contributed by atoms with Gasteiger partial charge in [-0.25, -0.2) is 4.79 Å². The predicted octanol–water partition coefficient (Wildman–Crippen LogP) is 0.756. The molecule has 0 aliphatic rings. The highest BCUT2D eigenvalue weighted by Gasteiger charge is 2.11. The van der Waals surface area contributed by atoms with Crippen molar-refractivity contribution in [1.82, 2.24) is 9.55 Å². The van der Waals surface area contributed by atoms with Gasteiger partial charge in [0.1, 0.15) is 0 Å². The summed E-state index contributed by atoms with van der Waals surface area (Å²) in [6, 6.07) is 0. The summed E-state index contributed by atoms with van der Waals surface area (Å²) in [5, 5.41) is -0.553. The van der Waals surface area contributed by atoms with E-state index in [1.54, 1.807) is 7.11 Å². The van der Waals surface area contributed by atoms with Crippen LogP contribution in [0.25, 0.3) is 0 Å². The van der Waals surface area contributed by atoms with E-state index in [1.807, 2.05) is 0 Å². The van der Waals surface area contributed by atoms with Crippen molar-refractivity contribution in [2.75, 3.05) is 13.7 Å². The van der Waals surface area contributed by atoms with Gasteiger partial charge in [0.15, 0.2) is 5.15 Å². The number of nitrogens with one attached hydrogen (secondary N) is 1. The molecule has 0 aliphatic heterocycles. The van der Waals surface area contributed by atoms with Crippen molar-refractivity contribution >= 4 is 11.6 Å². The van der Waals surface area contributed by atoms with E-state index in [0.717, 1.165) is 4.57 Å². The number of rotatable bonds is 5. The fourth-order valence-corrected chi connectivity index (χ4v) is 1.40. The average molecular weight is 251 g/mol. The van der Waals surface area contributed by atoms with Gasteiger partial charge in [0, 0.05) is 20.3 Å². The highest BCUT2D eigenvalue weighted by atomic mass is 35.5. The first-order valence-corrected chi connectivity index (χ1v) is 5.12. The average Bonchev–Trinajstić information content (AvgIpc) is 2.25. The molecule has 0 fully saturated rings. The van der Waals surface area contributed by atoms with Gasteiger partial charge in [-0.1, -0.05) is 11.6 Å². The Bertz CT molecular complexity index is 469. The fourth-order valence-electron chi connectivity index (χ4n) is 1.24. The zero-order chi connectivity index (χ0) is 12.1. The van der Waals surface area contributed by atoms with Gasteiger partial charge in [-0.05, 0) is 12.8 Å². The van der Waals surface area contributed by atoms with Gasteiger partial charge in [0.2, 0.25) is 5.82 Å². The lowest BCUT2D eigenvalue weighted by atomic mass is 10.3. The van der Waals surface area contributed by atoms with Crippen molar-refractivity contribution in [3.8, 4) is 0 Å². The van der Waals surface area contributed by atoms with Crippen LogP contribution in [-0.2, 0) is 11.3 Å². The summed E-state index contributed by atoms with van der Waals surface area (Å²) in [7, 11) is 1.56. The lowest BCUT2D eigenvalue weighted by molar-refractivity contribution is 0.191. The molecule has 0 radical (unpaired) electrons. The molecule has 1 aromatic rings. The maximum absolute atomic E-state index is 13.1. The molecule has 0 spiro atoms. The Kier molecular flexibility index (Phi) is 4.70. The van der Waals surface area contributed by atoms with Gasteiger partial charge in [0.25, 0.3) is 5.56 Å². The third kappa shape index (κ3) is 2.93. The van der Waals surface area contributed by atoms with Crippen molar-refractivity contribution in [2.45, 2.75) is 19.4 Å². The van der Waals surface area contributed by atoms with Crippen molar-refractivity contribution < 1.29 is 9.13 Å². The number of aromatic amines is 1. The smallest absolute Gasteiger partial charge is 0.329 e. The van der Waals surface area contributed by atoms with Crippen LogP contribution in [0.3, 0.4) is 0 Å². The van der Waals surface area contributed by atoms with Gasteiger partial charge >= 0.3 is 5.69 Å². The minimum absolute atomic E-state index is 0.144. The summed E-state index contributed by atoms with van der Waals surface area (Å²) >= 11 is 5.31. The number of nitrogens with zero attached hydrogens (tertiary/aromatic N) is 1. The van der Waals surface area contributed by atoms with Crippen molar-refractivity contribution in [2.24, 2.45) is 0 Å². The molecule has 0 saturated heterocycles. The first-order chi connectivity index (χ1) is 7.57. The Balaban J connectivity index is 2.85. The van der Waals surface area contributed by atoms with Crippen molar-refractivity contribution in [3.05, 3.63) is 31.8 Å². The summed E-state index contributed by atoms with van der Waals surface area (Å²) in [4.78, 5) is 24.7. The number of halogens is 2. The van der Waals surface area contributed by atoms with Crippen molar-refractivity contribution in [1.29, 1.82) is 0 Å². The van der Waals surface area contributed by atoms with E-state index < -0.39 is 22.2 Å². The summed E-state index contributed by atoms with van der Waals surface area (Å²) in [6.07, 6.45) is 1.24. The molecule has 0 atom stereocenters. The van der Waals surface area contributed by atoms with Gasteiger partial charge in [-0.3, -0.25) is 14.3 Å². The second kappa shape index (κ2) is 5.81. The molecular weight excluding hydrogens is 239 g/mol. The molecule has 7 heteroatoms. The largest absolute Gasteiger partial charge is 0.385 e. The molecule has 1 heterocycles. The Hall–Kier alpha value is -1.14. The fraction of sp³-hybridized carbons (Fsp3) is 0.556. The van der Waals surface area contributed by atoms with Gasteiger partial charge in [-0.2, -0.15) is 4.39 Å². The molecule has 16 heavy (non-hydrogen) atoms. The maximum Gasteiger partial charge on any atom is 0.329 e. The van der Waals surface area contributed by atoms with Crippen LogP contribution < -0.4 is 11.2 Å². The number of ether oxygens (including phenoxy) is 1. The first-order valence-electron chi connectivity index (χ1n) is 4.75. The number of methoxy groups -OCH3 is 1. The van der Waals surface area contributed by atoms with Crippen LogP contribution in [0.15, 0.2) is 9.59 Å². The van der Waals surface area contributed by atoms with Gasteiger partial charge in [-0.15, -0.1) is 0 Å². The summed E-state index contributed by atoms with van der Waals surface area (Å²) < 4.78 is 18.7. The van der Waals surface area contributed by atoms with Crippen molar-refractivity contribution in [3.63, 3.8) is 0 Å². The topological polar surface area (TPSA) is 64.1 Å². The van der Waals surface area contributed by atoms with Crippen LogP contribution in [0.4, 0.5) is 4.39 Å². The Labute approximate surface area is 95.8 Å². The zero-order valence-corrected chi connectivity index (χ0v) is 9.51. The van der Waals surface area contributed by atoms with E-state index in [0.29, 0.717) is 19.4 Å². The molecule has 0 amide bonds. The van der Waals surface area contributed by atoms with E-state index in [1.165, 1.54) is 0 Å². The molecule has 0 aromatic carbocycles. The van der Waals surface area contributed by atoms with E-state index in [-0.39, 0.29) is 6.54 Å². The Morgan fingerprint density at radius 3 is 2.75 bits per heavy atom. The number of H-pyrrole nitrogens is 1.